The molecule has 3 heteroatoms. The first kappa shape index (κ1) is 8.97. The first-order valence-electron chi connectivity index (χ1n) is 4.06. The Bertz CT molecular complexity index is 145. The van der Waals surface area contributed by atoms with E-state index in [-0.39, 0.29) is 17.1 Å². The van der Waals surface area contributed by atoms with Crippen molar-refractivity contribution < 1.29 is 0 Å². The van der Waals surface area contributed by atoms with Gasteiger partial charge in [-0.15, -0.1) is 0 Å². The fourth-order valence-corrected chi connectivity index (χ4v) is 1.58. The molecule has 0 aliphatic carbocycles. The van der Waals surface area contributed by atoms with Crippen molar-refractivity contribution in [3.8, 4) is 0 Å². The van der Waals surface area contributed by atoms with E-state index in [1.807, 2.05) is 6.92 Å². The molecule has 2 unspecified atom stereocenters. The van der Waals surface area contributed by atoms with Crippen LogP contribution in [0.1, 0.15) is 20.8 Å². The molecule has 0 amide bonds. The molecule has 1 rings (SSSR count). The summed E-state index contributed by atoms with van der Waals surface area (Å²) >= 11 is 0. The highest BCUT2D eigenvalue weighted by molar-refractivity contribution is 5.13. The van der Waals surface area contributed by atoms with Crippen molar-refractivity contribution in [2.24, 2.45) is 11.5 Å². The lowest BCUT2D eigenvalue weighted by Crippen LogP contribution is -2.62. The second-order valence-corrected chi connectivity index (χ2v) is 4.33. The molecule has 0 radical (unpaired) electrons. The summed E-state index contributed by atoms with van der Waals surface area (Å²) in [5, 5.41) is 0. The predicted molar refractivity (Wildman–Crippen MR) is 47.3 cm³/mol. The maximum Gasteiger partial charge on any atom is 0.0472 e. The molecule has 0 saturated carbocycles. The van der Waals surface area contributed by atoms with Crippen molar-refractivity contribution in [2.75, 3.05) is 13.6 Å². The van der Waals surface area contributed by atoms with Gasteiger partial charge in [0.2, 0.25) is 0 Å². The van der Waals surface area contributed by atoms with Crippen LogP contribution in [0.15, 0.2) is 0 Å². The van der Waals surface area contributed by atoms with Crippen LogP contribution in [-0.4, -0.2) is 35.6 Å². The van der Waals surface area contributed by atoms with E-state index in [4.69, 9.17) is 11.5 Å². The van der Waals surface area contributed by atoms with Crippen LogP contribution in [0.25, 0.3) is 0 Å². The molecule has 0 aromatic heterocycles. The van der Waals surface area contributed by atoms with Crippen molar-refractivity contribution in [3.05, 3.63) is 0 Å². The SMILES string of the molecule is CN1CC(N)C(C)(N)C1(C)C. The van der Waals surface area contributed by atoms with Gasteiger partial charge in [-0.05, 0) is 27.8 Å². The highest BCUT2D eigenvalue weighted by Gasteiger charge is 2.51. The van der Waals surface area contributed by atoms with E-state index in [0.717, 1.165) is 6.54 Å². The maximum absolute atomic E-state index is 6.12. The van der Waals surface area contributed by atoms with Gasteiger partial charge in [-0.2, -0.15) is 0 Å². The number of hydrogen-bond donors (Lipinski definition) is 2. The molecule has 1 fully saturated rings. The van der Waals surface area contributed by atoms with Crippen molar-refractivity contribution in [2.45, 2.75) is 37.9 Å². The normalized spacial score (nSPS) is 44.7. The van der Waals surface area contributed by atoms with Crippen LogP contribution in [-0.2, 0) is 0 Å². The van der Waals surface area contributed by atoms with Gasteiger partial charge < -0.3 is 11.5 Å². The molecule has 0 aromatic carbocycles. The lowest BCUT2D eigenvalue weighted by molar-refractivity contribution is 0.157. The quantitative estimate of drug-likeness (QED) is 0.510. The lowest BCUT2D eigenvalue weighted by atomic mass is 9.80. The number of nitrogens with zero attached hydrogens (tertiary/aromatic N) is 1. The maximum atomic E-state index is 6.12. The van der Waals surface area contributed by atoms with Gasteiger partial charge in [0.1, 0.15) is 0 Å². The van der Waals surface area contributed by atoms with Crippen LogP contribution in [0.5, 0.6) is 0 Å². The highest BCUT2D eigenvalue weighted by Crippen LogP contribution is 2.33. The van der Waals surface area contributed by atoms with Gasteiger partial charge in [0.15, 0.2) is 0 Å². The van der Waals surface area contributed by atoms with Crippen molar-refractivity contribution >= 4 is 0 Å². The third kappa shape index (κ3) is 0.991. The third-order valence-electron chi connectivity index (χ3n) is 3.51. The largest absolute Gasteiger partial charge is 0.325 e. The number of hydrogen-bond acceptors (Lipinski definition) is 3. The van der Waals surface area contributed by atoms with Gasteiger partial charge in [-0.3, -0.25) is 4.90 Å². The van der Waals surface area contributed by atoms with Gasteiger partial charge in [0.05, 0.1) is 0 Å². The zero-order valence-electron chi connectivity index (χ0n) is 7.89. The van der Waals surface area contributed by atoms with Crippen LogP contribution < -0.4 is 11.5 Å². The Morgan fingerprint density at radius 3 is 1.91 bits per heavy atom. The minimum Gasteiger partial charge on any atom is -0.325 e. The first-order chi connectivity index (χ1) is 4.80. The van der Waals surface area contributed by atoms with E-state index in [2.05, 4.69) is 25.8 Å². The molecule has 11 heavy (non-hydrogen) atoms. The average Bonchev–Trinajstić information content (AvgIpc) is 1.95. The zero-order valence-corrected chi connectivity index (χ0v) is 7.89. The summed E-state index contributed by atoms with van der Waals surface area (Å²) in [7, 11) is 2.07. The lowest BCUT2D eigenvalue weighted by Gasteiger charge is -2.40. The summed E-state index contributed by atoms with van der Waals surface area (Å²) in [5.41, 5.74) is 11.8. The highest BCUT2D eigenvalue weighted by atomic mass is 15.3. The minimum absolute atomic E-state index is 0.00637. The Labute approximate surface area is 68.7 Å². The summed E-state index contributed by atoms with van der Waals surface area (Å²) in [6.45, 7) is 7.20. The van der Waals surface area contributed by atoms with Crippen LogP contribution in [0.2, 0.25) is 0 Å². The first-order valence-corrected chi connectivity index (χ1v) is 4.06. The average molecular weight is 157 g/mol. The summed E-state index contributed by atoms with van der Waals surface area (Å²) in [6.07, 6.45) is 0. The molecule has 3 nitrogen and oxygen atoms in total. The van der Waals surface area contributed by atoms with Gasteiger partial charge in [0.25, 0.3) is 0 Å². The van der Waals surface area contributed by atoms with E-state index in [1.54, 1.807) is 0 Å². The summed E-state index contributed by atoms with van der Waals surface area (Å²) in [4.78, 5) is 2.22. The van der Waals surface area contributed by atoms with Crippen molar-refractivity contribution in [1.29, 1.82) is 0 Å². The molecule has 1 aliphatic heterocycles. The molecule has 2 atom stereocenters. The number of nitrogens with two attached hydrogens (primary N) is 2. The number of likely N-dealkylation sites (N-methyl/N-ethyl adjacent to an activating group) is 1. The molecule has 0 bridgehead atoms. The molecule has 0 aromatic rings. The monoisotopic (exact) mass is 157 g/mol. The molecule has 1 aliphatic rings. The molecule has 4 N–H and O–H groups in total. The fraction of sp³-hybridized carbons (Fsp3) is 1.00. The van der Waals surface area contributed by atoms with E-state index >= 15 is 0 Å². The minimum atomic E-state index is -0.276. The Morgan fingerprint density at radius 2 is 1.82 bits per heavy atom. The Morgan fingerprint density at radius 1 is 1.36 bits per heavy atom. The Kier molecular flexibility index (Phi) is 1.78. The number of likely N-dealkylation sites (tertiary alicyclic amines) is 1. The Hall–Kier alpha value is -0.120. The molecule has 0 spiro atoms. The molecule has 1 heterocycles. The molecular formula is C8H19N3. The Balaban J connectivity index is 2.95. The number of rotatable bonds is 0. The summed E-state index contributed by atoms with van der Waals surface area (Å²) in [6, 6.07) is 0.0856. The summed E-state index contributed by atoms with van der Waals surface area (Å²) < 4.78 is 0. The van der Waals surface area contributed by atoms with E-state index < -0.39 is 0 Å². The standard InChI is InChI=1S/C8H19N3/c1-7(2)8(3,10)6(9)5-11(7)4/h6H,5,9-10H2,1-4H3. The van der Waals surface area contributed by atoms with Gasteiger partial charge in [-0.25, -0.2) is 0 Å². The van der Waals surface area contributed by atoms with Gasteiger partial charge >= 0.3 is 0 Å². The van der Waals surface area contributed by atoms with E-state index in [0.29, 0.717) is 0 Å². The van der Waals surface area contributed by atoms with E-state index in [9.17, 15) is 0 Å². The topological polar surface area (TPSA) is 55.3 Å². The fourth-order valence-electron chi connectivity index (χ4n) is 1.58. The zero-order chi connectivity index (χ0) is 8.86. The molecule has 1 saturated heterocycles. The smallest absolute Gasteiger partial charge is 0.0472 e. The van der Waals surface area contributed by atoms with E-state index in [1.165, 1.54) is 0 Å². The van der Waals surface area contributed by atoms with Crippen molar-refractivity contribution in [1.82, 2.24) is 4.90 Å². The van der Waals surface area contributed by atoms with Crippen LogP contribution in [0, 0.1) is 0 Å². The van der Waals surface area contributed by atoms with Gasteiger partial charge in [0, 0.05) is 23.7 Å². The molecular weight excluding hydrogens is 138 g/mol. The van der Waals surface area contributed by atoms with Crippen LogP contribution in [0.4, 0.5) is 0 Å². The summed E-state index contributed by atoms with van der Waals surface area (Å²) in [5.74, 6) is 0. The van der Waals surface area contributed by atoms with Crippen LogP contribution >= 0.6 is 0 Å². The van der Waals surface area contributed by atoms with Crippen molar-refractivity contribution in [3.63, 3.8) is 0 Å². The second-order valence-electron chi connectivity index (χ2n) is 4.33. The van der Waals surface area contributed by atoms with Crippen LogP contribution in [0.3, 0.4) is 0 Å². The predicted octanol–water partition coefficient (Wildman–Crippen LogP) is -0.245. The second kappa shape index (κ2) is 2.19. The third-order valence-corrected chi connectivity index (χ3v) is 3.51. The molecule has 66 valence electrons. The van der Waals surface area contributed by atoms with Gasteiger partial charge in [-0.1, -0.05) is 0 Å².